The third-order valence-electron chi connectivity index (χ3n) is 1.84. The van der Waals surface area contributed by atoms with Crippen molar-refractivity contribution in [2.45, 2.75) is 13.1 Å². The number of hydrogen-bond donors (Lipinski definition) is 1. The summed E-state index contributed by atoms with van der Waals surface area (Å²) in [4.78, 5) is 0. The third-order valence-corrected chi connectivity index (χ3v) is 2.17. The molecule has 86 valence electrons. The Morgan fingerprint density at radius 2 is 2.06 bits per heavy atom. The van der Waals surface area contributed by atoms with Gasteiger partial charge in [0.1, 0.15) is 0 Å². The summed E-state index contributed by atoms with van der Waals surface area (Å²) in [5, 5.41) is 2.96. The largest absolute Gasteiger partial charge is 0.416 e. The Hall–Kier alpha value is -1.34. The molecule has 0 saturated heterocycles. The number of hydrogen-bond acceptors (Lipinski definition) is 1. The fraction of sp³-hybridized carbons (Fsp3) is 0.273. The minimum absolute atomic E-state index is 0.235. The van der Waals surface area contributed by atoms with Gasteiger partial charge in [0, 0.05) is 0 Å². The van der Waals surface area contributed by atoms with Crippen molar-refractivity contribution < 1.29 is 13.2 Å². The summed E-state index contributed by atoms with van der Waals surface area (Å²) in [6, 6.07) is 3.13. The molecule has 1 nitrogen and oxygen atoms in total. The van der Waals surface area contributed by atoms with Gasteiger partial charge < -0.3 is 5.32 Å². The SMILES string of the molecule is CC#CCNc1cc(C(F)(F)F)ccc1Cl. The molecule has 0 aromatic heterocycles. The van der Waals surface area contributed by atoms with Crippen LogP contribution in [-0.2, 0) is 6.18 Å². The van der Waals surface area contributed by atoms with Crippen LogP contribution in [0.15, 0.2) is 18.2 Å². The van der Waals surface area contributed by atoms with Gasteiger partial charge in [-0.05, 0) is 25.1 Å². The monoisotopic (exact) mass is 247 g/mol. The predicted octanol–water partition coefficient (Wildman–Crippen LogP) is 3.79. The molecule has 5 heteroatoms. The summed E-state index contributed by atoms with van der Waals surface area (Å²) in [5.41, 5.74) is -0.497. The van der Waals surface area contributed by atoms with Crippen LogP contribution in [0.3, 0.4) is 0 Å². The molecule has 0 bridgehead atoms. The van der Waals surface area contributed by atoms with Crippen LogP contribution in [-0.4, -0.2) is 6.54 Å². The van der Waals surface area contributed by atoms with Gasteiger partial charge in [-0.15, -0.1) is 5.92 Å². The molecule has 0 unspecified atom stereocenters. The first-order valence-corrected chi connectivity index (χ1v) is 4.83. The topological polar surface area (TPSA) is 12.0 Å². The van der Waals surface area contributed by atoms with Gasteiger partial charge in [0.15, 0.2) is 0 Å². The van der Waals surface area contributed by atoms with Crippen molar-refractivity contribution >= 4 is 17.3 Å². The highest BCUT2D eigenvalue weighted by Crippen LogP contribution is 2.33. The van der Waals surface area contributed by atoms with Crippen LogP contribution >= 0.6 is 11.6 Å². The molecule has 0 saturated carbocycles. The van der Waals surface area contributed by atoms with E-state index in [1.165, 1.54) is 6.07 Å². The van der Waals surface area contributed by atoms with Gasteiger partial charge in [-0.2, -0.15) is 13.2 Å². The van der Waals surface area contributed by atoms with Crippen LogP contribution in [0.4, 0.5) is 18.9 Å². The molecule has 0 aliphatic carbocycles. The van der Waals surface area contributed by atoms with Crippen molar-refractivity contribution in [2.24, 2.45) is 0 Å². The maximum absolute atomic E-state index is 12.4. The molecule has 0 heterocycles. The van der Waals surface area contributed by atoms with E-state index >= 15 is 0 Å². The molecule has 0 atom stereocenters. The maximum Gasteiger partial charge on any atom is 0.416 e. The van der Waals surface area contributed by atoms with Crippen LogP contribution in [0.2, 0.25) is 5.02 Å². The molecule has 0 radical (unpaired) electrons. The molecule has 1 aromatic rings. The molecule has 0 spiro atoms. The van der Waals surface area contributed by atoms with E-state index in [4.69, 9.17) is 11.6 Å². The molecule has 0 amide bonds. The second-order valence-electron chi connectivity index (χ2n) is 2.97. The summed E-state index contributed by atoms with van der Waals surface area (Å²) in [6.45, 7) is 1.91. The second kappa shape index (κ2) is 5.13. The van der Waals surface area contributed by atoms with Crippen molar-refractivity contribution in [3.05, 3.63) is 28.8 Å². The Bertz CT molecular complexity index is 429. The van der Waals surface area contributed by atoms with Crippen LogP contribution in [0.1, 0.15) is 12.5 Å². The van der Waals surface area contributed by atoms with E-state index in [9.17, 15) is 13.2 Å². The first-order chi connectivity index (χ1) is 7.45. The quantitative estimate of drug-likeness (QED) is 0.784. The molecule has 1 N–H and O–H groups in total. The molecular formula is C11H9ClF3N. The molecular weight excluding hydrogens is 239 g/mol. The zero-order chi connectivity index (χ0) is 12.2. The summed E-state index contributed by atoms with van der Waals surface area (Å²) in [5.74, 6) is 5.31. The van der Waals surface area contributed by atoms with E-state index in [-0.39, 0.29) is 17.3 Å². The highest BCUT2D eigenvalue weighted by molar-refractivity contribution is 6.33. The fourth-order valence-corrected chi connectivity index (χ4v) is 1.25. The first-order valence-electron chi connectivity index (χ1n) is 4.45. The number of halogens is 4. The van der Waals surface area contributed by atoms with E-state index in [1.54, 1.807) is 6.92 Å². The normalized spacial score (nSPS) is 10.6. The van der Waals surface area contributed by atoms with E-state index in [1.807, 2.05) is 0 Å². The highest BCUT2D eigenvalue weighted by atomic mass is 35.5. The zero-order valence-electron chi connectivity index (χ0n) is 8.45. The third kappa shape index (κ3) is 3.35. The summed E-state index contributed by atoms with van der Waals surface area (Å²) in [6.07, 6.45) is -4.36. The van der Waals surface area contributed by atoms with E-state index in [0.29, 0.717) is 0 Å². The average Bonchev–Trinajstić information content (AvgIpc) is 2.19. The van der Waals surface area contributed by atoms with Gasteiger partial charge in [-0.25, -0.2) is 0 Å². The number of alkyl halides is 3. The average molecular weight is 248 g/mol. The second-order valence-corrected chi connectivity index (χ2v) is 3.38. The van der Waals surface area contributed by atoms with Gasteiger partial charge in [0.25, 0.3) is 0 Å². The van der Waals surface area contributed by atoms with Crippen molar-refractivity contribution in [3.63, 3.8) is 0 Å². The van der Waals surface area contributed by atoms with Gasteiger partial charge in [0.05, 0.1) is 22.8 Å². The van der Waals surface area contributed by atoms with Crippen LogP contribution in [0.25, 0.3) is 0 Å². The number of benzene rings is 1. The van der Waals surface area contributed by atoms with Gasteiger partial charge in [-0.3, -0.25) is 0 Å². The molecule has 1 rings (SSSR count). The van der Waals surface area contributed by atoms with E-state index < -0.39 is 11.7 Å². The lowest BCUT2D eigenvalue weighted by atomic mass is 10.2. The van der Waals surface area contributed by atoms with Crippen molar-refractivity contribution in [2.75, 3.05) is 11.9 Å². The smallest absolute Gasteiger partial charge is 0.373 e. The predicted molar refractivity (Wildman–Crippen MR) is 58.4 cm³/mol. The fourth-order valence-electron chi connectivity index (χ4n) is 1.06. The molecule has 0 aliphatic heterocycles. The molecule has 1 aromatic carbocycles. The van der Waals surface area contributed by atoms with Crippen LogP contribution in [0.5, 0.6) is 0 Å². The zero-order valence-corrected chi connectivity index (χ0v) is 9.21. The Balaban J connectivity index is 2.93. The van der Waals surface area contributed by atoms with Crippen molar-refractivity contribution in [3.8, 4) is 11.8 Å². The highest BCUT2D eigenvalue weighted by Gasteiger charge is 2.30. The lowest BCUT2D eigenvalue weighted by molar-refractivity contribution is -0.137. The number of nitrogens with one attached hydrogen (secondary N) is 1. The van der Waals surface area contributed by atoms with Crippen LogP contribution < -0.4 is 5.32 Å². The van der Waals surface area contributed by atoms with Crippen molar-refractivity contribution in [1.29, 1.82) is 0 Å². The summed E-state index contributed by atoms with van der Waals surface area (Å²) >= 11 is 5.75. The first kappa shape index (κ1) is 12.7. The van der Waals surface area contributed by atoms with E-state index in [2.05, 4.69) is 17.2 Å². The number of anilines is 1. The Labute approximate surface area is 96.6 Å². The Kier molecular flexibility index (Phi) is 4.08. The maximum atomic E-state index is 12.4. The Morgan fingerprint density at radius 3 is 2.62 bits per heavy atom. The summed E-state index contributed by atoms with van der Waals surface area (Å²) in [7, 11) is 0. The minimum atomic E-state index is -4.36. The minimum Gasteiger partial charge on any atom is -0.373 e. The molecule has 0 fully saturated rings. The lowest BCUT2D eigenvalue weighted by Gasteiger charge is -2.10. The molecule has 0 aliphatic rings. The van der Waals surface area contributed by atoms with Crippen molar-refractivity contribution in [1.82, 2.24) is 0 Å². The van der Waals surface area contributed by atoms with Gasteiger partial charge in [0.2, 0.25) is 0 Å². The van der Waals surface area contributed by atoms with Gasteiger partial charge in [-0.1, -0.05) is 17.5 Å². The standard InChI is InChI=1S/C11H9ClF3N/c1-2-3-6-16-10-7-8(11(13,14)15)4-5-9(10)12/h4-5,7,16H,6H2,1H3. The lowest BCUT2D eigenvalue weighted by Crippen LogP contribution is -2.07. The molecule has 16 heavy (non-hydrogen) atoms. The van der Waals surface area contributed by atoms with Crippen LogP contribution in [0, 0.1) is 11.8 Å². The summed E-state index contributed by atoms with van der Waals surface area (Å²) < 4.78 is 37.2. The van der Waals surface area contributed by atoms with Gasteiger partial charge >= 0.3 is 6.18 Å². The number of rotatable bonds is 2. The van der Waals surface area contributed by atoms with E-state index in [0.717, 1.165) is 12.1 Å². The Morgan fingerprint density at radius 1 is 1.38 bits per heavy atom.